The van der Waals surface area contributed by atoms with E-state index in [1.165, 1.54) is 0 Å². The first-order valence-corrected chi connectivity index (χ1v) is 7.06. The fourth-order valence-corrected chi connectivity index (χ4v) is 3.84. The van der Waals surface area contributed by atoms with Gasteiger partial charge in [-0.05, 0) is 32.2 Å². The predicted molar refractivity (Wildman–Crippen MR) is 55.7 cm³/mol. The summed E-state index contributed by atoms with van der Waals surface area (Å²) in [5.74, 6) is -3.30. The summed E-state index contributed by atoms with van der Waals surface area (Å²) < 4.78 is 48.8. The summed E-state index contributed by atoms with van der Waals surface area (Å²) in [5, 5.41) is 3.19. The molecule has 16 heavy (non-hydrogen) atoms. The summed E-state index contributed by atoms with van der Waals surface area (Å²) in [5.41, 5.74) is 0. The number of alkyl halides is 2. The molecule has 0 aliphatic carbocycles. The molecule has 0 aromatic rings. The largest absolute Gasteiger partial charge is 0.350 e. The maximum atomic E-state index is 12.5. The summed E-state index contributed by atoms with van der Waals surface area (Å²) in [6.07, 6.45) is 3.22. The summed E-state index contributed by atoms with van der Waals surface area (Å²) in [4.78, 5) is 0. The Morgan fingerprint density at radius 3 is 2.56 bits per heavy atom. The molecule has 2 fully saturated rings. The van der Waals surface area contributed by atoms with Crippen LogP contribution in [0.25, 0.3) is 0 Å². The lowest BCUT2D eigenvalue weighted by atomic mass is 10.1. The second kappa shape index (κ2) is 4.54. The van der Waals surface area contributed by atoms with Crippen LogP contribution in [0, 0.1) is 0 Å². The van der Waals surface area contributed by atoms with E-state index < -0.39 is 15.8 Å². The highest BCUT2D eigenvalue weighted by Gasteiger charge is 2.43. The molecular formula is C9H16F2N2O2S. The third-order valence-electron chi connectivity index (χ3n) is 3.36. The van der Waals surface area contributed by atoms with Gasteiger partial charge in [-0.25, -0.2) is 8.42 Å². The molecule has 0 spiro atoms. The second-order valence-electron chi connectivity index (χ2n) is 4.33. The van der Waals surface area contributed by atoms with Crippen molar-refractivity contribution >= 4 is 10.0 Å². The van der Waals surface area contributed by atoms with Crippen LogP contribution in [-0.4, -0.2) is 43.7 Å². The van der Waals surface area contributed by atoms with E-state index in [4.69, 9.17) is 0 Å². The van der Waals surface area contributed by atoms with Crippen molar-refractivity contribution in [3.8, 4) is 0 Å². The zero-order chi connectivity index (χ0) is 11.8. The van der Waals surface area contributed by atoms with Gasteiger partial charge in [-0.15, -0.1) is 0 Å². The molecular weight excluding hydrogens is 238 g/mol. The van der Waals surface area contributed by atoms with E-state index in [-0.39, 0.29) is 18.6 Å². The van der Waals surface area contributed by atoms with Gasteiger partial charge in [0.15, 0.2) is 0 Å². The van der Waals surface area contributed by atoms with Crippen molar-refractivity contribution in [1.82, 2.24) is 9.62 Å². The smallest absolute Gasteiger partial charge is 0.312 e. The number of hydrogen-bond donors (Lipinski definition) is 1. The minimum Gasteiger partial charge on any atom is -0.312 e. The quantitative estimate of drug-likeness (QED) is 0.808. The SMILES string of the molecule is O=S(=O)(C(F)F)N1CCCC1C1CCCN1. The molecule has 2 rings (SSSR count). The molecule has 2 saturated heterocycles. The number of halogens is 2. The van der Waals surface area contributed by atoms with Crippen LogP contribution in [0.5, 0.6) is 0 Å². The fourth-order valence-electron chi connectivity index (χ4n) is 2.63. The van der Waals surface area contributed by atoms with Gasteiger partial charge in [0.1, 0.15) is 0 Å². The highest BCUT2D eigenvalue weighted by molar-refractivity contribution is 7.89. The minimum atomic E-state index is -4.40. The van der Waals surface area contributed by atoms with E-state index >= 15 is 0 Å². The minimum absolute atomic E-state index is 0.0519. The lowest BCUT2D eigenvalue weighted by Gasteiger charge is -2.28. The van der Waals surface area contributed by atoms with Crippen molar-refractivity contribution in [2.45, 2.75) is 43.5 Å². The molecule has 1 N–H and O–H groups in total. The first-order valence-electron chi connectivity index (χ1n) is 5.55. The molecule has 2 unspecified atom stereocenters. The van der Waals surface area contributed by atoms with Crippen LogP contribution in [0.1, 0.15) is 25.7 Å². The van der Waals surface area contributed by atoms with Crippen molar-refractivity contribution < 1.29 is 17.2 Å². The molecule has 7 heteroatoms. The monoisotopic (exact) mass is 254 g/mol. The van der Waals surface area contributed by atoms with Crippen LogP contribution in [-0.2, 0) is 10.0 Å². The molecule has 0 aromatic heterocycles. The number of hydrogen-bond acceptors (Lipinski definition) is 3. The predicted octanol–water partition coefficient (Wildman–Crippen LogP) is 0.755. The van der Waals surface area contributed by atoms with Gasteiger partial charge in [0.2, 0.25) is 0 Å². The van der Waals surface area contributed by atoms with Gasteiger partial charge in [-0.2, -0.15) is 13.1 Å². The van der Waals surface area contributed by atoms with Gasteiger partial charge >= 0.3 is 5.76 Å². The second-order valence-corrected chi connectivity index (χ2v) is 6.18. The summed E-state index contributed by atoms with van der Waals surface area (Å²) in [6.45, 7) is 1.08. The van der Waals surface area contributed by atoms with Gasteiger partial charge in [0, 0.05) is 18.6 Å². The number of sulfonamides is 1. The van der Waals surface area contributed by atoms with Gasteiger partial charge in [-0.1, -0.05) is 0 Å². The molecule has 2 heterocycles. The Balaban J connectivity index is 2.14. The zero-order valence-corrected chi connectivity index (χ0v) is 9.72. The molecule has 2 aliphatic heterocycles. The van der Waals surface area contributed by atoms with Crippen LogP contribution in [0.3, 0.4) is 0 Å². The molecule has 4 nitrogen and oxygen atoms in total. The topological polar surface area (TPSA) is 49.4 Å². The van der Waals surface area contributed by atoms with Crippen molar-refractivity contribution in [1.29, 1.82) is 0 Å². The van der Waals surface area contributed by atoms with E-state index in [1.54, 1.807) is 0 Å². The van der Waals surface area contributed by atoms with Gasteiger partial charge in [0.25, 0.3) is 10.0 Å². The van der Waals surface area contributed by atoms with E-state index in [2.05, 4.69) is 5.32 Å². The van der Waals surface area contributed by atoms with Gasteiger partial charge in [-0.3, -0.25) is 0 Å². The Labute approximate surface area is 94.0 Å². The fraction of sp³-hybridized carbons (Fsp3) is 1.00. The van der Waals surface area contributed by atoms with Gasteiger partial charge < -0.3 is 5.32 Å². The zero-order valence-electron chi connectivity index (χ0n) is 8.90. The molecule has 0 bridgehead atoms. The first-order chi connectivity index (χ1) is 7.53. The van der Waals surface area contributed by atoms with Crippen LogP contribution in [0.4, 0.5) is 8.78 Å². The lowest BCUT2D eigenvalue weighted by molar-refractivity contribution is 0.211. The maximum Gasteiger partial charge on any atom is 0.350 e. The summed E-state index contributed by atoms with van der Waals surface area (Å²) in [6, 6.07) is -0.225. The van der Waals surface area contributed by atoms with Crippen molar-refractivity contribution in [2.24, 2.45) is 0 Å². The number of rotatable bonds is 3. The van der Waals surface area contributed by atoms with Crippen LogP contribution < -0.4 is 5.32 Å². The Bertz CT molecular complexity index is 341. The van der Waals surface area contributed by atoms with Crippen LogP contribution >= 0.6 is 0 Å². The number of nitrogens with one attached hydrogen (secondary N) is 1. The van der Waals surface area contributed by atoms with E-state index in [0.29, 0.717) is 12.8 Å². The number of nitrogens with zero attached hydrogens (tertiary/aromatic N) is 1. The standard InChI is InChI=1S/C9H16F2N2O2S/c10-9(11)16(14,15)13-6-2-4-8(13)7-3-1-5-12-7/h7-9,12H,1-6H2. The van der Waals surface area contributed by atoms with Crippen LogP contribution in [0.15, 0.2) is 0 Å². The highest BCUT2D eigenvalue weighted by Crippen LogP contribution is 2.29. The summed E-state index contributed by atoms with van der Waals surface area (Å²) in [7, 11) is -4.40. The highest BCUT2D eigenvalue weighted by atomic mass is 32.2. The molecule has 0 saturated carbocycles. The first kappa shape index (κ1) is 12.2. The van der Waals surface area contributed by atoms with Crippen molar-refractivity contribution in [3.63, 3.8) is 0 Å². The molecule has 0 amide bonds. The molecule has 2 aliphatic rings. The maximum absolute atomic E-state index is 12.5. The Morgan fingerprint density at radius 1 is 1.25 bits per heavy atom. The molecule has 94 valence electrons. The van der Waals surface area contributed by atoms with Crippen molar-refractivity contribution in [2.75, 3.05) is 13.1 Å². The van der Waals surface area contributed by atoms with E-state index in [1.807, 2.05) is 0 Å². The average molecular weight is 254 g/mol. The van der Waals surface area contributed by atoms with Crippen LogP contribution in [0.2, 0.25) is 0 Å². The van der Waals surface area contributed by atoms with Gasteiger partial charge in [0.05, 0.1) is 0 Å². The lowest BCUT2D eigenvalue weighted by Crippen LogP contribution is -2.48. The molecule has 2 atom stereocenters. The third kappa shape index (κ3) is 2.08. The Morgan fingerprint density at radius 2 is 2.00 bits per heavy atom. The summed E-state index contributed by atoms with van der Waals surface area (Å²) >= 11 is 0. The van der Waals surface area contributed by atoms with E-state index in [0.717, 1.165) is 23.7 Å². The Kier molecular flexibility index (Phi) is 3.46. The Hall–Kier alpha value is -0.270. The van der Waals surface area contributed by atoms with E-state index in [9.17, 15) is 17.2 Å². The average Bonchev–Trinajstić information content (AvgIpc) is 2.88. The van der Waals surface area contributed by atoms with Crippen molar-refractivity contribution in [3.05, 3.63) is 0 Å². The third-order valence-corrected chi connectivity index (χ3v) is 4.92. The molecule has 0 aromatic carbocycles. The normalized spacial score (nSPS) is 32.7. The molecule has 0 radical (unpaired) electrons.